The van der Waals surface area contributed by atoms with Crippen molar-refractivity contribution in [1.82, 2.24) is 0 Å². The van der Waals surface area contributed by atoms with Gasteiger partial charge in [0.2, 0.25) is 0 Å². The van der Waals surface area contributed by atoms with Crippen LogP contribution in [0.1, 0.15) is 31.9 Å². The van der Waals surface area contributed by atoms with Gasteiger partial charge in [0, 0.05) is 6.04 Å². The third-order valence-corrected chi connectivity index (χ3v) is 2.76. The molecule has 2 atom stereocenters. The summed E-state index contributed by atoms with van der Waals surface area (Å²) in [5.41, 5.74) is 7.28. The molecule has 1 unspecified atom stereocenters. The van der Waals surface area contributed by atoms with Gasteiger partial charge in [-0.25, -0.2) is 0 Å². The minimum Gasteiger partial charge on any atom is -0.497 e. The first-order chi connectivity index (χ1) is 6.69. The molecule has 0 amide bonds. The van der Waals surface area contributed by atoms with E-state index < -0.39 is 0 Å². The average molecular weight is 230 g/mol. The van der Waals surface area contributed by atoms with E-state index in [0.29, 0.717) is 5.92 Å². The summed E-state index contributed by atoms with van der Waals surface area (Å²) >= 11 is 0. The Bertz CT molecular complexity index is 273. The predicted molar refractivity (Wildman–Crippen MR) is 66.6 cm³/mol. The third-order valence-electron chi connectivity index (χ3n) is 2.76. The van der Waals surface area contributed by atoms with Gasteiger partial charge in [0.25, 0.3) is 0 Å². The summed E-state index contributed by atoms with van der Waals surface area (Å²) in [6.45, 7) is 4.34. The molecule has 0 saturated carbocycles. The molecule has 0 saturated heterocycles. The molecule has 1 aromatic carbocycles. The number of hydrogen-bond acceptors (Lipinski definition) is 2. The van der Waals surface area contributed by atoms with Crippen LogP contribution < -0.4 is 10.5 Å². The quantitative estimate of drug-likeness (QED) is 0.861. The highest BCUT2D eigenvalue weighted by atomic mass is 35.5. The van der Waals surface area contributed by atoms with Gasteiger partial charge in [0.1, 0.15) is 5.75 Å². The zero-order valence-corrected chi connectivity index (χ0v) is 10.4. The first-order valence-electron chi connectivity index (χ1n) is 5.08. The minimum atomic E-state index is 0. The molecule has 0 radical (unpaired) electrons. The lowest BCUT2D eigenvalue weighted by molar-refractivity contribution is 0.413. The Kier molecular flexibility index (Phi) is 6.37. The second-order valence-electron chi connectivity index (χ2n) is 3.68. The molecule has 0 aliphatic heterocycles. The van der Waals surface area contributed by atoms with Gasteiger partial charge in [0.05, 0.1) is 7.11 Å². The maximum Gasteiger partial charge on any atom is 0.118 e. The normalized spacial score (nSPS) is 13.9. The summed E-state index contributed by atoms with van der Waals surface area (Å²) < 4.78 is 5.09. The fraction of sp³-hybridized carbons (Fsp3) is 0.500. The highest BCUT2D eigenvalue weighted by Crippen LogP contribution is 2.23. The number of benzene rings is 1. The topological polar surface area (TPSA) is 35.2 Å². The van der Waals surface area contributed by atoms with Crippen LogP contribution >= 0.6 is 12.4 Å². The van der Waals surface area contributed by atoms with Crippen LogP contribution in [-0.4, -0.2) is 7.11 Å². The second-order valence-corrected chi connectivity index (χ2v) is 3.68. The molecule has 15 heavy (non-hydrogen) atoms. The summed E-state index contributed by atoms with van der Waals surface area (Å²) in [5, 5.41) is 0. The van der Waals surface area contributed by atoms with Crippen LogP contribution in [-0.2, 0) is 0 Å². The summed E-state index contributed by atoms with van der Waals surface area (Å²) in [7, 11) is 1.67. The van der Waals surface area contributed by atoms with Crippen molar-refractivity contribution in [1.29, 1.82) is 0 Å². The van der Waals surface area contributed by atoms with Crippen molar-refractivity contribution in [2.45, 2.75) is 26.3 Å². The molecule has 1 rings (SSSR count). The van der Waals surface area contributed by atoms with Crippen LogP contribution in [0.15, 0.2) is 24.3 Å². The fourth-order valence-electron chi connectivity index (χ4n) is 1.41. The maximum atomic E-state index is 6.10. The van der Waals surface area contributed by atoms with Crippen molar-refractivity contribution in [3.8, 4) is 5.75 Å². The van der Waals surface area contributed by atoms with Gasteiger partial charge in [-0.15, -0.1) is 12.4 Å². The van der Waals surface area contributed by atoms with Crippen molar-refractivity contribution in [2.75, 3.05) is 7.11 Å². The molecule has 0 aliphatic rings. The number of methoxy groups -OCH3 is 1. The van der Waals surface area contributed by atoms with Gasteiger partial charge in [0.15, 0.2) is 0 Å². The van der Waals surface area contributed by atoms with Gasteiger partial charge in [-0.3, -0.25) is 0 Å². The van der Waals surface area contributed by atoms with Crippen LogP contribution in [0.5, 0.6) is 5.75 Å². The summed E-state index contributed by atoms with van der Waals surface area (Å²) in [6.07, 6.45) is 1.10. The Labute approximate surface area is 98.2 Å². The van der Waals surface area contributed by atoms with E-state index in [9.17, 15) is 0 Å². The lowest BCUT2D eigenvalue weighted by Crippen LogP contribution is -2.18. The Balaban J connectivity index is 0.00000196. The molecule has 86 valence electrons. The van der Waals surface area contributed by atoms with E-state index in [1.165, 1.54) is 5.56 Å². The van der Waals surface area contributed by atoms with Gasteiger partial charge in [-0.2, -0.15) is 0 Å². The van der Waals surface area contributed by atoms with E-state index in [0.717, 1.165) is 12.2 Å². The van der Waals surface area contributed by atoms with E-state index in [1.807, 2.05) is 24.3 Å². The zero-order valence-electron chi connectivity index (χ0n) is 9.57. The largest absolute Gasteiger partial charge is 0.497 e. The van der Waals surface area contributed by atoms with Crippen LogP contribution in [0.2, 0.25) is 0 Å². The highest BCUT2D eigenvalue weighted by molar-refractivity contribution is 5.85. The number of hydrogen-bond donors (Lipinski definition) is 1. The van der Waals surface area contributed by atoms with E-state index in [-0.39, 0.29) is 18.4 Å². The molecule has 0 aliphatic carbocycles. The number of ether oxygens (including phenoxy) is 1. The van der Waals surface area contributed by atoms with Crippen molar-refractivity contribution < 1.29 is 4.74 Å². The lowest BCUT2D eigenvalue weighted by Gasteiger charge is -2.18. The van der Waals surface area contributed by atoms with E-state index in [1.54, 1.807) is 7.11 Å². The van der Waals surface area contributed by atoms with Gasteiger partial charge < -0.3 is 10.5 Å². The first-order valence-corrected chi connectivity index (χ1v) is 5.08. The zero-order chi connectivity index (χ0) is 10.6. The monoisotopic (exact) mass is 229 g/mol. The third kappa shape index (κ3) is 3.73. The molecule has 0 heterocycles. The second kappa shape index (κ2) is 6.70. The Morgan fingerprint density at radius 2 is 1.80 bits per heavy atom. The number of rotatable bonds is 4. The molecule has 2 N–H and O–H groups in total. The van der Waals surface area contributed by atoms with Crippen molar-refractivity contribution >= 4 is 12.4 Å². The SMILES string of the molecule is CCC(C)[C@@H](N)c1ccc(OC)cc1.Cl. The first kappa shape index (κ1) is 14.3. The highest BCUT2D eigenvalue weighted by Gasteiger charge is 2.12. The van der Waals surface area contributed by atoms with Crippen LogP contribution in [0.4, 0.5) is 0 Å². The summed E-state index contributed by atoms with van der Waals surface area (Å²) in [5.74, 6) is 1.40. The van der Waals surface area contributed by atoms with Crippen molar-refractivity contribution in [2.24, 2.45) is 11.7 Å². The van der Waals surface area contributed by atoms with Crippen molar-refractivity contribution in [3.05, 3.63) is 29.8 Å². The standard InChI is InChI=1S/C12H19NO.ClH/c1-4-9(2)12(13)10-5-7-11(14-3)8-6-10;/h5-9,12H,4,13H2,1-3H3;1H/t9?,12-;/m1./s1. The van der Waals surface area contributed by atoms with Crippen molar-refractivity contribution in [3.63, 3.8) is 0 Å². The summed E-state index contributed by atoms with van der Waals surface area (Å²) in [6, 6.07) is 8.12. The average Bonchev–Trinajstić information content (AvgIpc) is 2.27. The molecular weight excluding hydrogens is 210 g/mol. The smallest absolute Gasteiger partial charge is 0.118 e. The van der Waals surface area contributed by atoms with E-state index in [2.05, 4.69) is 13.8 Å². The summed E-state index contributed by atoms with van der Waals surface area (Å²) in [4.78, 5) is 0. The molecular formula is C12H20ClNO. The molecule has 0 spiro atoms. The molecule has 2 nitrogen and oxygen atoms in total. The molecule has 3 heteroatoms. The molecule has 0 bridgehead atoms. The predicted octanol–water partition coefficient (Wildman–Crippen LogP) is 3.16. The Morgan fingerprint density at radius 1 is 1.27 bits per heavy atom. The van der Waals surface area contributed by atoms with E-state index >= 15 is 0 Å². The Hall–Kier alpha value is -0.730. The van der Waals surface area contributed by atoms with E-state index in [4.69, 9.17) is 10.5 Å². The van der Waals surface area contributed by atoms with Gasteiger partial charge in [-0.05, 0) is 23.6 Å². The maximum absolute atomic E-state index is 6.10. The fourth-order valence-corrected chi connectivity index (χ4v) is 1.41. The lowest BCUT2D eigenvalue weighted by atomic mass is 9.93. The van der Waals surface area contributed by atoms with Crippen LogP contribution in [0, 0.1) is 5.92 Å². The van der Waals surface area contributed by atoms with Crippen LogP contribution in [0.25, 0.3) is 0 Å². The molecule has 0 fully saturated rings. The molecule has 0 aromatic heterocycles. The molecule has 1 aromatic rings. The van der Waals surface area contributed by atoms with Crippen LogP contribution in [0.3, 0.4) is 0 Å². The van der Waals surface area contributed by atoms with Gasteiger partial charge in [-0.1, -0.05) is 32.4 Å². The number of halogens is 1. The number of nitrogens with two attached hydrogens (primary N) is 1. The Morgan fingerprint density at radius 3 is 2.20 bits per heavy atom. The van der Waals surface area contributed by atoms with Gasteiger partial charge >= 0.3 is 0 Å². The minimum absolute atomic E-state index is 0.